The van der Waals surface area contributed by atoms with Gasteiger partial charge in [-0.3, -0.25) is 4.79 Å². The second kappa shape index (κ2) is 5.37. The summed E-state index contributed by atoms with van der Waals surface area (Å²) < 4.78 is 0. The van der Waals surface area contributed by atoms with Crippen molar-refractivity contribution in [3.05, 3.63) is 23.5 Å². The Morgan fingerprint density at radius 1 is 1.63 bits per heavy atom. The van der Waals surface area contributed by atoms with E-state index in [0.717, 1.165) is 43.8 Å². The number of amides is 1. The molecule has 0 radical (unpaired) electrons. The number of piperidine rings is 1. The molecule has 0 spiro atoms. The summed E-state index contributed by atoms with van der Waals surface area (Å²) in [5.41, 5.74) is 0.244. The molecule has 0 aliphatic carbocycles. The van der Waals surface area contributed by atoms with Crippen LogP contribution in [0.15, 0.2) is 28.5 Å². The zero-order valence-electron chi connectivity index (χ0n) is 11.5. The highest BCUT2D eigenvalue weighted by Gasteiger charge is 2.49. The van der Waals surface area contributed by atoms with E-state index in [0.29, 0.717) is 0 Å². The summed E-state index contributed by atoms with van der Waals surface area (Å²) in [6, 6.07) is 0. The normalized spacial score (nSPS) is 31.3. The SMILES string of the molecule is C=C(Cl)/N=C1\C(=C/C)NC(=O)C2(CC)CCCCN12. The summed E-state index contributed by atoms with van der Waals surface area (Å²) in [7, 11) is 0. The molecule has 0 saturated carbocycles. The van der Waals surface area contributed by atoms with Gasteiger partial charge in [-0.15, -0.1) is 0 Å². The van der Waals surface area contributed by atoms with E-state index in [9.17, 15) is 4.79 Å². The highest BCUT2D eigenvalue weighted by molar-refractivity contribution is 6.30. The first-order chi connectivity index (χ1) is 9.05. The topological polar surface area (TPSA) is 44.7 Å². The molecule has 0 aromatic heterocycles. The zero-order valence-corrected chi connectivity index (χ0v) is 12.3. The van der Waals surface area contributed by atoms with E-state index in [2.05, 4.69) is 21.8 Å². The number of hydrogen-bond acceptors (Lipinski definition) is 2. The highest BCUT2D eigenvalue weighted by atomic mass is 35.5. The Morgan fingerprint density at radius 2 is 2.37 bits per heavy atom. The van der Waals surface area contributed by atoms with Crippen molar-refractivity contribution in [2.45, 2.75) is 45.1 Å². The number of halogens is 1. The summed E-state index contributed by atoms with van der Waals surface area (Å²) in [6.45, 7) is 8.40. The number of amidine groups is 1. The third-order valence-corrected chi connectivity index (χ3v) is 4.09. The Balaban J connectivity index is 2.51. The van der Waals surface area contributed by atoms with Crippen LogP contribution in [0.4, 0.5) is 0 Å². The molecule has 2 fully saturated rings. The van der Waals surface area contributed by atoms with Gasteiger partial charge in [0, 0.05) is 6.54 Å². The number of piperazine rings is 1. The molecule has 2 heterocycles. The predicted molar refractivity (Wildman–Crippen MR) is 77.9 cm³/mol. The molecule has 2 aliphatic rings. The Hall–Kier alpha value is -1.29. The van der Waals surface area contributed by atoms with Gasteiger partial charge in [0.1, 0.15) is 10.7 Å². The van der Waals surface area contributed by atoms with Gasteiger partial charge in [0.15, 0.2) is 5.84 Å². The van der Waals surface area contributed by atoms with Crippen LogP contribution in [0.3, 0.4) is 0 Å². The molecule has 5 heteroatoms. The Morgan fingerprint density at radius 3 is 2.95 bits per heavy atom. The van der Waals surface area contributed by atoms with Crippen molar-refractivity contribution in [2.24, 2.45) is 4.99 Å². The number of nitrogens with zero attached hydrogens (tertiary/aromatic N) is 2. The van der Waals surface area contributed by atoms with Crippen LogP contribution in [0.1, 0.15) is 39.5 Å². The van der Waals surface area contributed by atoms with Gasteiger partial charge in [0.2, 0.25) is 5.91 Å². The molecule has 2 aliphatic heterocycles. The summed E-state index contributed by atoms with van der Waals surface area (Å²) in [6.07, 6.45) is 5.62. The van der Waals surface area contributed by atoms with Crippen LogP contribution in [0.25, 0.3) is 0 Å². The lowest BCUT2D eigenvalue weighted by Gasteiger charge is -2.50. The largest absolute Gasteiger partial charge is 0.340 e. The molecule has 0 bridgehead atoms. The van der Waals surface area contributed by atoms with Crippen LogP contribution in [0, 0.1) is 0 Å². The van der Waals surface area contributed by atoms with Gasteiger partial charge < -0.3 is 10.2 Å². The van der Waals surface area contributed by atoms with Gasteiger partial charge >= 0.3 is 0 Å². The lowest BCUT2D eigenvalue weighted by atomic mass is 9.81. The number of nitrogens with one attached hydrogen (secondary N) is 1. The average molecular weight is 282 g/mol. The maximum atomic E-state index is 12.5. The molecule has 104 valence electrons. The summed E-state index contributed by atoms with van der Waals surface area (Å²) in [5, 5.41) is 3.20. The minimum Gasteiger partial charge on any atom is -0.340 e. The first kappa shape index (κ1) is 14.1. The quantitative estimate of drug-likeness (QED) is 0.791. The molecule has 4 nitrogen and oxygen atoms in total. The van der Waals surface area contributed by atoms with Crippen LogP contribution < -0.4 is 5.32 Å². The second-order valence-electron chi connectivity index (χ2n) is 4.96. The first-order valence-electron chi connectivity index (χ1n) is 6.74. The standard InChI is InChI=1S/C14H20ClN3O/c1-4-11-12(16-10(3)15)18-9-7-6-8-14(18,5-2)13(19)17-11/h4H,3,5-9H2,1-2H3,(H,17,19)/b11-4+,16-12+. The van der Waals surface area contributed by atoms with E-state index in [1.54, 1.807) is 0 Å². The molecule has 1 unspecified atom stereocenters. The van der Waals surface area contributed by atoms with E-state index in [-0.39, 0.29) is 11.1 Å². The lowest BCUT2D eigenvalue weighted by Crippen LogP contribution is -2.67. The number of carbonyl (C=O) groups excluding carboxylic acids is 1. The van der Waals surface area contributed by atoms with Crippen LogP contribution in [0.5, 0.6) is 0 Å². The smallest absolute Gasteiger partial charge is 0.250 e. The van der Waals surface area contributed by atoms with Crippen molar-refractivity contribution in [2.75, 3.05) is 6.54 Å². The Bertz CT molecular complexity index is 469. The van der Waals surface area contributed by atoms with Gasteiger partial charge in [-0.1, -0.05) is 31.2 Å². The second-order valence-corrected chi connectivity index (χ2v) is 5.40. The molecular formula is C14H20ClN3O. The van der Waals surface area contributed by atoms with Crippen molar-refractivity contribution < 1.29 is 4.79 Å². The Labute approximate surface area is 119 Å². The fourth-order valence-electron chi connectivity index (χ4n) is 2.99. The number of allylic oxidation sites excluding steroid dienone is 1. The molecular weight excluding hydrogens is 262 g/mol. The van der Waals surface area contributed by atoms with Gasteiger partial charge in [-0.2, -0.15) is 0 Å². The van der Waals surface area contributed by atoms with Crippen LogP contribution in [0.2, 0.25) is 0 Å². The molecule has 2 saturated heterocycles. The van der Waals surface area contributed by atoms with Crippen molar-refractivity contribution in [3.8, 4) is 0 Å². The zero-order chi connectivity index (χ0) is 14.0. The number of carbonyl (C=O) groups is 1. The van der Waals surface area contributed by atoms with Gasteiger partial charge in [0.05, 0.1) is 5.70 Å². The van der Waals surface area contributed by atoms with E-state index >= 15 is 0 Å². The van der Waals surface area contributed by atoms with Crippen LogP contribution >= 0.6 is 11.6 Å². The van der Waals surface area contributed by atoms with Crippen molar-refractivity contribution in [1.82, 2.24) is 10.2 Å². The van der Waals surface area contributed by atoms with E-state index in [4.69, 9.17) is 11.6 Å². The van der Waals surface area contributed by atoms with Gasteiger partial charge in [0.25, 0.3) is 0 Å². The third-order valence-electron chi connectivity index (χ3n) is 4.01. The summed E-state index contributed by atoms with van der Waals surface area (Å²) >= 11 is 5.84. The maximum absolute atomic E-state index is 12.5. The third kappa shape index (κ3) is 2.29. The first-order valence-corrected chi connectivity index (χ1v) is 7.12. The molecule has 19 heavy (non-hydrogen) atoms. The predicted octanol–water partition coefficient (Wildman–Crippen LogP) is 2.76. The van der Waals surface area contributed by atoms with E-state index in [1.165, 1.54) is 0 Å². The molecule has 0 aromatic carbocycles. The fourth-order valence-corrected chi connectivity index (χ4v) is 3.07. The van der Waals surface area contributed by atoms with Gasteiger partial charge in [-0.05, 0) is 32.6 Å². The number of aliphatic imine (C=N–C) groups is 1. The molecule has 2 rings (SSSR count). The van der Waals surface area contributed by atoms with Crippen LogP contribution in [-0.4, -0.2) is 28.7 Å². The molecule has 1 amide bonds. The minimum absolute atomic E-state index is 0.0712. The molecule has 0 aromatic rings. The number of hydrogen-bond donors (Lipinski definition) is 1. The van der Waals surface area contributed by atoms with Crippen LogP contribution in [-0.2, 0) is 4.79 Å². The average Bonchev–Trinajstić information content (AvgIpc) is 2.41. The summed E-state index contributed by atoms with van der Waals surface area (Å²) in [4.78, 5) is 18.9. The molecule has 1 N–H and O–H groups in total. The highest BCUT2D eigenvalue weighted by Crippen LogP contribution is 2.36. The van der Waals surface area contributed by atoms with Crippen molar-refractivity contribution in [3.63, 3.8) is 0 Å². The monoisotopic (exact) mass is 281 g/mol. The van der Waals surface area contributed by atoms with E-state index < -0.39 is 5.54 Å². The fraction of sp³-hybridized carbons (Fsp3) is 0.571. The maximum Gasteiger partial charge on any atom is 0.250 e. The molecule has 1 atom stereocenters. The minimum atomic E-state index is -0.476. The van der Waals surface area contributed by atoms with Crippen molar-refractivity contribution >= 4 is 23.3 Å². The Kier molecular flexibility index (Phi) is 3.99. The summed E-state index contributed by atoms with van der Waals surface area (Å²) in [5.74, 6) is 0.811. The number of fused-ring (bicyclic) bond motifs is 1. The van der Waals surface area contributed by atoms with E-state index in [1.807, 2.05) is 19.9 Å². The van der Waals surface area contributed by atoms with Crippen molar-refractivity contribution in [1.29, 1.82) is 0 Å². The lowest BCUT2D eigenvalue weighted by molar-refractivity contribution is -0.133. The van der Waals surface area contributed by atoms with Gasteiger partial charge in [-0.25, -0.2) is 4.99 Å². The number of rotatable bonds is 2.